The van der Waals surface area contributed by atoms with Gasteiger partial charge in [0, 0.05) is 23.7 Å². The van der Waals surface area contributed by atoms with E-state index in [9.17, 15) is 4.79 Å². The van der Waals surface area contributed by atoms with E-state index in [-0.39, 0.29) is 11.7 Å². The first kappa shape index (κ1) is 17.7. The second kappa shape index (κ2) is 7.53. The van der Waals surface area contributed by atoms with Gasteiger partial charge in [0.05, 0.1) is 5.69 Å². The number of amides is 1. The van der Waals surface area contributed by atoms with Gasteiger partial charge in [0.1, 0.15) is 0 Å². The second-order valence-electron chi connectivity index (χ2n) is 6.99. The number of benzene rings is 2. The van der Waals surface area contributed by atoms with E-state index in [0.29, 0.717) is 16.8 Å². The SMILES string of the molecule is CC1CCN(C(=O)c2nc(-c3ccccc3)n(-c3ccc(Cl)cc3)n2)CC1. The molecule has 1 aliphatic heterocycles. The highest BCUT2D eigenvalue weighted by Crippen LogP contribution is 2.24. The lowest BCUT2D eigenvalue weighted by Gasteiger charge is -2.29. The third kappa shape index (κ3) is 3.74. The Morgan fingerprint density at radius 1 is 1.04 bits per heavy atom. The monoisotopic (exact) mass is 380 g/mol. The molecule has 0 bridgehead atoms. The van der Waals surface area contributed by atoms with Crippen LogP contribution in [0.1, 0.15) is 30.4 Å². The standard InChI is InChI=1S/C21H21ClN4O/c1-15-11-13-25(14-12-15)21(27)19-23-20(16-5-3-2-4-6-16)26(24-19)18-9-7-17(22)8-10-18/h2-10,15H,11-14H2,1H3. The molecule has 0 spiro atoms. The first-order chi connectivity index (χ1) is 13.1. The van der Waals surface area contributed by atoms with Crippen molar-refractivity contribution < 1.29 is 4.79 Å². The van der Waals surface area contributed by atoms with E-state index in [2.05, 4.69) is 17.0 Å². The fraction of sp³-hybridized carbons (Fsp3) is 0.286. The summed E-state index contributed by atoms with van der Waals surface area (Å²) in [7, 11) is 0. The van der Waals surface area contributed by atoms with Crippen LogP contribution in [0.25, 0.3) is 17.1 Å². The van der Waals surface area contributed by atoms with Crippen LogP contribution in [0.3, 0.4) is 0 Å². The van der Waals surface area contributed by atoms with Gasteiger partial charge in [-0.3, -0.25) is 4.79 Å². The van der Waals surface area contributed by atoms with Gasteiger partial charge in [-0.25, -0.2) is 9.67 Å². The van der Waals surface area contributed by atoms with Crippen molar-refractivity contribution in [3.8, 4) is 17.1 Å². The number of likely N-dealkylation sites (tertiary alicyclic amines) is 1. The quantitative estimate of drug-likeness (QED) is 0.674. The highest BCUT2D eigenvalue weighted by molar-refractivity contribution is 6.30. The molecule has 4 rings (SSSR count). The van der Waals surface area contributed by atoms with Gasteiger partial charge in [0.15, 0.2) is 5.82 Å². The van der Waals surface area contributed by atoms with E-state index in [1.165, 1.54) is 0 Å². The highest BCUT2D eigenvalue weighted by Gasteiger charge is 2.26. The van der Waals surface area contributed by atoms with Crippen LogP contribution in [0.15, 0.2) is 54.6 Å². The van der Waals surface area contributed by atoms with E-state index in [1.54, 1.807) is 16.8 Å². The van der Waals surface area contributed by atoms with Gasteiger partial charge in [-0.15, -0.1) is 5.10 Å². The Hall–Kier alpha value is -2.66. The maximum absolute atomic E-state index is 13.0. The molecule has 5 nitrogen and oxygen atoms in total. The van der Waals surface area contributed by atoms with Crippen LogP contribution in [0.2, 0.25) is 5.02 Å². The average Bonchev–Trinajstić information content (AvgIpc) is 3.15. The van der Waals surface area contributed by atoms with Crippen LogP contribution in [-0.2, 0) is 0 Å². The van der Waals surface area contributed by atoms with Gasteiger partial charge in [-0.2, -0.15) is 0 Å². The lowest BCUT2D eigenvalue weighted by Crippen LogP contribution is -2.38. The Bertz CT molecular complexity index is 929. The molecule has 138 valence electrons. The molecule has 1 saturated heterocycles. The van der Waals surface area contributed by atoms with Crippen LogP contribution in [-0.4, -0.2) is 38.7 Å². The van der Waals surface area contributed by atoms with Crippen molar-refractivity contribution in [2.75, 3.05) is 13.1 Å². The van der Waals surface area contributed by atoms with Crippen molar-refractivity contribution in [1.82, 2.24) is 19.7 Å². The Morgan fingerprint density at radius 3 is 2.37 bits per heavy atom. The summed E-state index contributed by atoms with van der Waals surface area (Å²) in [6.07, 6.45) is 2.05. The van der Waals surface area contributed by atoms with Gasteiger partial charge in [0.2, 0.25) is 5.82 Å². The molecule has 0 radical (unpaired) electrons. The maximum atomic E-state index is 13.0. The molecular formula is C21H21ClN4O. The van der Waals surface area contributed by atoms with Gasteiger partial charge < -0.3 is 4.90 Å². The third-order valence-electron chi connectivity index (χ3n) is 4.97. The molecule has 3 aromatic rings. The molecule has 1 amide bonds. The van der Waals surface area contributed by atoms with E-state index in [1.807, 2.05) is 47.4 Å². The summed E-state index contributed by atoms with van der Waals surface area (Å²) in [4.78, 5) is 19.4. The summed E-state index contributed by atoms with van der Waals surface area (Å²) in [6.45, 7) is 3.75. The smallest absolute Gasteiger partial charge is 0.293 e. The molecule has 27 heavy (non-hydrogen) atoms. The Morgan fingerprint density at radius 2 is 1.70 bits per heavy atom. The number of rotatable bonds is 3. The number of halogens is 1. The summed E-state index contributed by atoms with van der Waals surface area (Å²) in [5.41, 5.74) is 1.73. The Kier molecular flexibility index (Phi) is 4.94. The zero-order valence-corrected chi connectivity index (χ0v) is 15.9. The van der Waals surface area contributed by atoms with Crippen LogP contribution in [0.5, 0.6) is 0 Å². The molecule has 0 saturated carbocycles. The van der Waals surface area contributed by atoms with Crippen molar-refractivity contribution in [1.29, 1.82) is 0 Å². The van der Waals surface area contributed by atoms with Crippen molar-refractivity contribution in [2.45, 2.75) is 19.8 Å². The zero-order valence-electron chi connectivity index (χ0n) is 15.2. The summed E-state index contributed by atoms with van der Waals surface area (Å²) >= 11 is 6.02. The molecule has 0 N–H and O–H groups in total. The molecule has 0 aliphatic carbocycles. The number of carbonyl (C=O) groups is 1. The van der Waals surface area contributed by atoms with E-state index in [0.717, 1.165) is 37.2 Å². The molecule has 2 aromatic carbocycles. The van der Waals surface area contributed by atoms with Crippen molar-refractivity contribution >= 4 is 17.5 Å². The van der Waals surface area contributed by atoms with E-state index < -0.39 is 0 Å². The largest absolute Gasteiger partial charge is 0.336 e. The topological polar surface area (TPSA) is 51.0 Å². The lowest BCUT2D eigenvalue weighted by molar-refractivity contribution is 0.0685. The van der Waals surface area contributed by atoms with Gasteiger partial charge in [-0.1, -0.05) is 48.9 Å². The van der Waals surface area contributed by atoms with Crippen LogP contribution < -0.4 is 0 Å². The minimum Gasteiger partial charge on any atom is -0.336 e. The van der Waals surface area contributed by atoms with Gasteiger partial charge in [0.25, 0.3) is 5.91 Å². The summed E-state index contributed by atoms with van der Waals surface area (Å²) in [6, 6.07) is 17.1. The minimum atomic E-state index is -0.105. The van der Waals surface area contributed by atoms with Gasteiger partial charge >= 0.3 is 0 Å². The first-order valence-corrected chi connectivity index (χ1v) is 9.57. The zero-order chi connectivity index (χ0) is 18.8. The van der Waals surface area contributed by atoms with Gasteiger partial charge in [-0.05, 0) is 43.0 Å². The Labute approximate surface area is 163 Å². The summed E-state index contributed by atoms with van der Waals surface area (Å²) in [5, 5.41) is 5.20. The predicted octanol–water partition coefficient (Wildman–Crippen LogP) is 4.46. The fourth-order valence-electron chi connectivity index (χ4n) is 3.29. The van der Waals surface area contributed by atoms with Crippen molar-refractivity contribution in [3.63, 3.8) is 0 Å². The molecule has 6 heteroatoms. The number of nitrogens with zero attached hydrogens (tertiary/aromatic N) is 4. The van der Waals surface area contributed by atoms with E-state index >= 15 is 0 Å². The Balaban J connectivity index is 1.73. The maximum Gasteiger partial charge on any atom is 0.293 e. The predicted molar refractivity (Wildman–Crippen MR) is 106 cm³/mol. The molecule has 1 aromatic heterocycles. The highest BCUT2D eigenvalue weighted by atomic mass is 35.5. The summed E-state index contributed by atoms with van der Waals surface area (Å²) in [5.74, 6) is 1.44. The van der Waals surface area contributed by atoms with Crippen LogP contribution in [0, 0.1) is 5.92 Å². The molecule has 0 unspecified atom stereocenters. The third-order valence-corrected chi connectivity index (χ3v) is 5.22. The van der Waals surface area contributed by atoms with Crippen LogP contribution in [0.4, 0.5) is 0 Å². The van der Waals surface area contributed by atoms with Crippen LogP contribution >= 0.6 is 11.6 Å². The number of hydrogen-bond acceptors (Lipinski definition) is 3. The average molecular weight is 381 g/mol. The molecule has 0 atom stereocenters. The fourth-order valence-corrected chi connectivity index (χ4v) is 3.42. The van der Waals surface area contributed by atoms with Crippen molar-refractivity contribution in [2.24, 2.45) is 5.92 Å². The molecule has 1 aliphatic rings. The second-order valence-corrected chi connectivity index (χ2v) is 7.42. The number of carbonyl (C=O) groups excluding carboxylic acids is 1. The number of piperidine rings is 1. The van der Waals surface area contributed by atoms with E-state index in [4.69, 9.17) is 11.6 Å². The molecule has 1 fully saturated rings. The minimum absolute atomic E-state index is 0.105. The summed E-state index contributed by atoms with van der Waals surface area (Å²) < 4.78 is 1.71. The lowest BCUT2D eigenvalue weighted by atomic mass is 9.99. The first-order valence-electron chi connectivity index (χ1n) is 9.19. The number of aromatic nitrogens is 3. The normalized spacial score (nSPS) is 15.1. The van der Waals surface area contributed by atoms with Crippen molar-refractivity contribution in [3.05, 3.63) is 65.4 Å². The number of hydrogen-bond donors (Lipinski definition) is 0. The molecule has 2 heterocycles. The molecular weight excluding hydrogens is 360 g/mol.